The first kappa shape index (κ1) is 15.5. The number of hydrogen-bond acceptors (Lipinski definition) is 2. The van der Waals surface area contributed by atoms with Gasteiger partial charge in [0.15, 0.2) is 0 Å². The van der Waals surface area contributed by atoms with Crippen molar-refractivity contribution in [2.75, 3.05) is 0 Å². The molecule has 0 bridgehead atoms. The quantitative estimate of drug-likeness (QED) is 0.901. The van der Waals surface area contributed by atoms with Crippen molar-refractivity contribution < 1.29 is 9.90 Å². The predicted octanol–water partition coefficient (Wildman–Crippen LogP) is 4.28. The molecule has 1 rings (SSSR count). The van der Waals surface area contributed by atoms with Gasteiger partial charge in [-0.05, 0) is 12.1 Å². The van der Waals surface area contributed by atoms with E-state index >= 15 is 0 Å². The van der Waals surface area contributed by atoms with Gasteiger partial charge in [-0.25, -0.2) is 0 Å². The van der Waals surface area contributed by atoms with Gasteiger partial charge < -0.3 is 5.11 Å². The van der Waals surface area contributed by atoms with Gasteiger partial charge in [0.1, 0.15) is 5.78 Å². The van der Waals surface area contributed by atoms with Crippen molar-refractivity contribution in [3.05, 3.63) is 33.8 Å². The van der Waals surface area contributed by atoms with Gasteiger partial charge in [0.25, 0.3) is 0 Å². The van der Waals surface area contributed by atoms with Crippen LogP contribution in [0.2, 0.25) is 10.0 Å². The fourth-order valence-electron chi connectivity index (χ4n) is 1.87. The van der Waals surface area contributed by atoms with Crippen LogP contribution in [0.1, 0.15) is 39.4 Å². The maximum Gasteiger partial charge on any atom is 0.143 e. The van der Waals surface area contributed by atoms with Gasteiger partial charge in [-0.2, -0.15) is 0 Å². The van der Waals surface area contributed by atoms with E-state index in [-0.39, 0.29) is 5.78 Å². The molecule has 0 fully saturated rings. The van der Waals surface area contributed by atoms with Crippen LogP contribution in [0, 0.1) is 11.3 Å². The SMILES string of the molecule is C[C@@H](C(=O)C(C)(C)C)[C@H](O)c1c(Cl)cccc1Cl. The van der Waals surface area contributed by atoms with E-state index in [0.29, 0.717) is 15.6 Å². The number of halogens is 2. The van der Waals surface area contributed by atoms with Gasteiger partial charge in [0.2, 0.25) is 0 Å². The highest BCUT2D eigenvalue weighted by molar-refractivity contribution is 6.36. The van der Waals surface area contributed by atoms with Crippen molar-refractivity contribution in [2.24, 2.45) is 11.3 Å². The van der Waals surface area contributed by atoms with Gasteiger partial charge in [-0.1, -0.05) is 57.0 Å². The van der Waals surface area contributed by atoms with Crippen LogP contribution in [-0.4, -0.2) is 10.9 Å². The summed E-state index contributed by atoms with van der Waals surface area (Å²) in [5.74, 6) is -0.576. The van der Waals surface area contributed by atoms with Crippen molar-refractivity contribution in [1.82, 2.24) is 0 Å². The molecule has 0 unspecified atom stereocenters. The van der Waals surface area contributed by atoms with Crippen LogP contribution >= 0.6 is 23.2 Å². The van der Waals surface area contributed by atoms with E-state index < -0.39 is 17.4 Å². The molecule has 0 saturated carbocycles. The average Bonchev–Trinajstić information content (AvgIpc) is 2.25. The Balaban J connectivity index is 3.08. The van der Waals surface area contributed by atoms with Crippen LogP contribution in [0.25, 0.3) is 0 Å². The van der Waals surface area contributed by atoms with E-state index in [0.717, 1.165) is 0 Å². The van der Waals surface area contributed by atoms with Crippen LogP contribution in [0.5, 0.6) is 0 Å². The zero-order valence-electron chi connectivity index (χ0n) is 11.0. The first-order valence-corrected chi connectivity index (χ1v) is 6.58. The smallest absolute Gasteiger partial charge is 0.143 e. The maximum absolute atomic E-state index is 12.2. The second kappa shape index (κ2) is 5.60. The third kappa shape index (κ3) is 3.25. The standard InChI is InChI=1S/C14H18Cl2O2/c1-8(13(18)14(2,3)4)12(17)11-9(15)6-5-7-10(11)16/h5-8,12,17H,1-4H3/t8-,12+/m1/s1. The Bertz CT molecular complexity index is 429. The fourth-order valence-corrected chi connectivity index (χ4v) is 2.49. The average molecular weight is 289 g/mol. The molecule has 18 heavy (non-hydrogen) atoms. The second-order valence-corrected chi connectivity index (χ2v) is 6.30. The number of Topliss-reactive ketones (excluding diaryl/α,β-unsaturated/α-hetero) is 1. The topological polar surface area (TPSA) is 37.3 Å². The summed E-state index contributed by atoms with van der Waals surface area (Å²) in [6.07, 6.45) is -0.988. The minimum absolute atomic E-state index is 0.0222. The molecule has 0 aliphatic carbocycles. The summed E-state index contributed by atoms with van der Waals surface area (Å²) in [7, 11) is 0. The van der Waals surface area contributed by atoms with Crippen molar-refractivity contribution >= 4 is 29.0 Å². The molecule has 0 saturated heterocycles. The molecule has 4 heteroatoms. The summed E-state index contributed by atoms with van der Waals surface area (Å²) in [5.41, 5.74) is -0.0837. The number of benzene rings is 1. The molecule has 2 nitrogen and oxygen atoms in total. The lowest BCUT2D eigenvalue weighted by Crippen LogP contribution is -2.30. The highest BCUT2D eigenvalue weighted by Crippen LogP contribution is 2.36. The summed E-state index contributed by atoms with van der Waals surface area (Å²) in [4.78, 5) is 12.2. The van der Waals surface area contributed by atoms with Crippen LogP contribution < -0.4 is 0 Å². The molecule has 1 aromatic rings. The second-order valence-electron chi connectivity index (χ2n) is 5.48. The highest BCUT2D eigenvalue weighted by atomic mass is 35.5. The van der Waals surface area contributed by atoms with Gasteiger partial charge in [-0.3, -0.25) is 4.79 Å². The Morgan fingerprint density at radius 2 is 1.67 bits per heavy atom. The number of aliphatic hydroxyl groups excluding tert-OH is 1. The van der Waals surface area contributed by atoms with Crippen LogP contribution in [0.4, 0.5) is 0 Å². The highest BCUT2D eigenvalue weighted by Gasteiger charge is 2.33. The van der Waals surface area contributed by atoms with E-state index in [1.165, 1.54) is 0 Å². The minimum atomic E-state index is -0.988. The Hall–Kier alpha value is -0.570. The molecule has 0 radical (unpaired) electrons. The summed E-state index contributed by atoms with van der Waals surface area (Å²) >= 11 is 12.1. The first-order valence-electron chi connectivity index (χ1n) is 5.82. The number of carbonyl (C=O) groups is 1. The number of rotatable bonds is 3. The largest absolute Gasteiger partial charge is 0.388 e. The van der Waals surface area contributed by atoms with Crippen LogP contribution in [0.3, 0.4) is 0 Å². The molecule has 0 aromatic heterocycles. The number of hydrogen-bond donors (Lipinski definition) is 1. The molecular weight excluding hydrogens is 271 g/mol. The molecule has 0 spiro atoms. The summed E-state index contributed by atoms with van der Waals surface area (Å²) in [6.45, 7) is 7.17. The van der Waals surface area contributed by atoms with Crippen molar-refractivity contribution in [3.63, 3.8) is 0 Å². The van der Waals surface area contributed by atoms with Crippen molar-refractivity contribution in [2.45, 2.75) is 33.8 Å². The van der Waals surface area contributed by atoms with E-state index in [1.54, 1.807) is 25.1 Å². The lowest BCUT2D eigenvalue weighted by molar-refractivity contribution is -0.133. The zero-order valence-corrected chi connectivity index (χ0v) is 12.5. The normalized spacial score (nSPS) is 15.3. The molecule has 0 aliphatic rings. The monoisotopic (exact) mass is 288 g/mol. The third-order valence-corrected chi connectivity index (χ3v) is 3.58. The van der Waals surface area contributed by atoms with E-state index in [1.807, 2.05) is 20.8 Å². The Kier molecular flexibility index (Phi) is 4.82. The lowest BCUT2D eigenvalue weighted by Gasteiger charge is -2.26. The third-order valence-electron chi connectivity index (χ3n) is 2.92. The van der Waals surface area contributed by atoms with E-state index in [4.69, 9.17) is 23.2 Å². The molecule has 0 amide bonds. The molecule has 0 aliphatic heterocycles. The molecular formula is C14H18Cl2O2. The van der Waals surface area contributed by atoms with Gasteiger partial charge in [-0.15, -0.1) is 0 Å². The Morgan fingerprint density at radius 3 is 2.06 bits per heavy atom. The van der Waals surface area contributed by atoms with Gasteiger partial charge in [0.05, 0.1) is 6.10 Å². The number of aliphatic hydroxyl groups is 1. The molecule has 0 heterocycles. The fraction of sp³-hybridized carbons (Fsp3) is 0.500. The molecule has 1 N–H and O–H groups in total. The zero-order chi connectivity index (χ0) is 14.1. The van der Waals surface area contributed by atoms with Gasteiger partial charge in [0, 0.05) is 26.9 Å². The predicted molar refractivity (Wildman–Crippen MR) is 75.0 cm³/mol. The first-order chi connectivity index (χ1) is 8.16. The van der Waals surface area contributed by atoms with Crippen LogP contribution in [0.15, 0.2) is 18.2 Å². The number of ketones is 1. The maximum atomic E-state index is 12.2. The Labute approximate surface area is 118 Å². The number of carbonyl (C=O) groups excluding carboxylic acids is 1. The Morgan fingerprint density at radius 1 is 1.22 bits per heavy atom. The van der Waals surface area contributed by atoms with E-state index in [2.05, 4.69) is 0 Å². The van der Waals surface area contributed by atoms with Crippen molar-refractivity contribution in [1.29, 1.82) is 0 Å². The molecule has 100 valence electrons. The summed E-state index contributed by atoms with van der Waals surface area (Å²) in [5, 5.41) is 11.1. The summed E-state index contributed by atoms with van der Waals surface area (Å²) in [6, 6.07) is 5.01. The molecule has 1 aromatic carbocycles. The lowest BCUT2D eigenvalue weighted by atomic mass is 9.80. The minimum Gasteiger partial charge on any atom is -0.388 e. The van der Waals surface area contributed by atoms with E-state index in [9.17, 15) is 9.90 Å². The van der Waals surface area contributed by atoms with Gasteiger partial charge >= 0.3 is 0 Å². The van der Waals surface area contributed by atoms with Crippen LogP contribution in [-0.2, 0) is 4.79 Å². The summed E-state index contributed by atoms with van der Waals surface area (Å²) < 4.78 is 0. The van der Waals surface area contributed by atoms with Crippen molar-refractivity contribution in [3.8, 4) is 0 Å². The molecule has 2 atom stereocenters.